The van der Waals surface area contributed by atoms with Gasteiger partial charge in [-0.2, -0.15) is 0 Å². The van der Waals surface area contributed by atoms with Gasteiger partial charge < -0.3 is 22.1 Å². The summed E-state index contributed by atoms with van der Waals surface area (Å²) in [6.07, 6.45) is 3.55. The second kappa shape index (κ2) is 6.52. The number of rotatable bonds is 3. The molecular weight excluding hydrogens is 278 g/mol. The molecule has 2 aromatic rings. The number of benzene rings is 1. The number of aliphatic hydroxyl groups excluding tert-OH is 1. The van der Waals surface area contributed by atoms with E-state index in [4.69, 9.17) is 0 Å². The fraction of sp³-hybridized carbons (Fsp3) is 0.214. The van der Waals surface area contributed by atoms with Gasteiger partial charge >= 0.3 is 0 Å². The third kappa shape index (κ3) is 3.95. The summed E-state index contributed by atoms with van der Waals surface area (Å²) >= 11 is 0. The molecule has 2 rings (SSSR count). The van der Waals surface area contributed by atoms with Crippen LogP contribution in [0.15, 0.2) is 54.9 Å². The summed E-state index contributed by atoms with van der Waals surface area (Å²) in [6.45, 7) is 2.64. The minimum Gasteiger partial charge on any atom is -1.00 e. The van der Waals surface area contributed by atoms with Crippen molar-refractivity contribution in [2.45, 2.75) is 19.6 Å². The van der Waals surface area contributed by atoms with Gasteiger partial charge in [0.15, 0.2) is 18.9 Å². The van der Waals surface area contributed by atoms with Crippen molar-refractivity contribution in [1.82, 2.24) is 0 Å². The van der Waals surface area contributed by atoms with Crippen molar-refractivity contribution >= 4 is 0 Å². The predicted octanol–water partition coefficient (Wildman–Crippen LogP) is -0.980. The molecular formula is C14H16BrNO. The Morgan fingerprint density at radius 3 is 2.47 bits per heavy atom. The van der Waals surface area contributed by atoms with Crippen molar-refractivity contribution in [2.24, 2.45) is 0 Å². The molecule has 1 aromatic carbocycles. The Hall–Kier alpha value is -1.19. The van der Waals surface area contributed by atoms with Crippen molar-refractivity contribution in [3.8, 4) is 0 Å². The van der Waals surface area contributed by atoms with Gasteiger partial charge in [0, 0.05) is 11.6 Å². The molecule has 17 heavy (non-hydrogen) atoms. The second-order valence-electron chi connectivity index (χ2n) is 4.00. The number of hydrogen-bond acceptors (Lipinski definition) is 1. The summed E-state index contributed by atoms with van der Waals surface area (Å²) in [5.41, 5.74) is 2.15. The van der Waals surface area contributed by atoms with Crippen molar-refractivity contribution in [1.29, 1.82) is 0 Å². The third-order valence-electron chi connectivity index (χ3n) is 2.57. The molecule has 0 saturated heterocycles. The Morgan fingerprint density at radius 2 is 1.82 bits per heavy atom. The van der Waals surface area contributed by atoms with Crippen LogP contribution in [-0.2, 0) is 6.54 Å². The first kappa shape index (κ1) is 13.9. The van der Waals surface area contributed by atoms with E-state index < -0.39 is 6.10 Å². The molecule has 0 radical (unpaired) electrons. The summed E-state index contributed by atoms with van der Waals surface area (Å²) in [7, 11) is 0. The fourth-order valence-electron chi connectivity index (χ4n) is 1.75. The lowest BCUT2D eigenvalue weighted by molar-refractivity contribution is -0.705. The van der Waals surface area contributed by atoms with Gasteiger partial charge in [-0.3, -0.25) is 0 Å². The van der Waals surface area contributed by atoms with Crippen molar-refractivity contribution in [2.75, 3.05) is 0 Å². The zero-order valence-electron chi connectivity index (χ0n) is 9.75. The van der Waals surface area contributed by atoms with Crippen LogP contribution < -0.4 is 21.5 Å². The van der Waals surface area contributed by atoms with Crippen LogP contribution in [0.4, 0.5) is 0 Å². The maximum atomic E-state index is 10.0. The molecule has 1 atom stereocenters. The lowest BCUT2D eigenvalue weighted by atomic mass is 10.1. The SMILES string of the molecule is Cc1ccc[n+](CC(O)c2ccccc2)c1.[Br-]. The van der Waals surface area contributed by atoms with E-state index >= 15 is 0 Å². The van der Waals surface area contributed by atoms with E-state index in [0.717, 1.165) is 5.56 Å². The molecule has 1 heterocycles. The van der Waals surface area contributed by atoms with Crippen molar-refractivity contribution in [3.05, 3.63) is 66.0 Å². The molecule has 1 unspecified atom stereocenters. The number of nitrogens with zero attached hydrogens (tertiary/aromatic N) is 1. The van der Waals surface area contributed by atoms with Crippen LogP contribution in [0.25, 0.3) is 0 Å². The second-order valence-corrected chi connectivity index (χ2v) is 4.00. The molecule has 0 aliphatic carbocycles. The molecule has 3 heteroatoms. The average Bonchev–Trinajstić information content (AvgIpc) is 2.30. The van der Waals surface area contributed by atoms with Gasteiger partial charge in [-0.25, -0.2) is 4.57 Å². The maximum Gasteiger partial charge on any atom is 0.178 e. The van der Waals surface area contributed by atoms with Crippen LogP contribution in [0.2, 0.25) is 0 Å². The van der Waals surface area contributed by atoms with E-state index in [1.807, 2.05) is 66.3 Å². The summed E-state index contributed by atoms with van der Waals surface area (Å²) in [6, 6.07) is 13.8. The summed E-state index contributed by atoms with van der Waals surface area (Å²) < 4.78 is 2.01. The monoisotopic (exact) mass is 293 g/mol. The molecule has 1 aromatic heterocycles. The third-order valence-corrected chi connectivity index (χ3v) is 2.57. The van der Waals surface area contributed by atoms with Crippen LogP contribution in [0, 0.1) is 6.92 Å². The standard InChI is InChI=1S/C14H16NO.BrH/c1-12-6-5-9-15(10-12)11-14(16)13-7-3-2-4-8-13;/h2-10,14,16H,11H2,1H3;1H/q+1;/p-1. The largest absolute Gasteiger partial charge is 1.00 e. The zero-order chi connectivity index (χ0) is 11.4. The smallest absolute Gasteiger partial charge is 0.178 e. The molecule has 1 N–H and O–H groups in total. The first-order valence-electron chi connectivity index (χ1n) is 5.44. The Morgan fingerprint density at radius 1 is 1.12 bits per heavy atom. The molecule has 2 nitrogen and oxygen atoms in total. The number of aromatic nitrogens is 1. The molecule has 0 bridgehead atoms. The number of aliphatic hydroxyl groups is 1. The maximum absolute atomic E-state index is 10.0. The van der Waals surface area contributed by atoms with Gasteiger partial charge in [0.1, 0.15) is 6.10 Å². The van der Waals surface area contributed by atoms with Gasteiger partial charge in [-0.05, 0) is 18.6 Å². The van der Waals surface area contributed by atoms with Gasteiger partial charge in [0.2, 0.25) is 0 Å². The first-order valence-corrected chi connectivity index (χ1v) is 5.44. The molecule has 0 aliphatic heterocycles. The summed E-state index contributed by atoms with van der Waals surface area (Å²) in [5.74, 6) is 0. The van der Waals surface area contributed by atoms with E-state index in [9.17, 15) is 5.11 Å². The minimum atomic E-state index is -0.451. The van der Waals surface area contributed by atoms with E-state index in [0.29, 0.717) is 6.54 Å². The van der Waals surface area contributed by atoms with Gasteiger partial charge in [-0.1, -0.05) is 30.3 Å². The summed E-state index contributed by atoms with van der Waals surface area (Å²) in [5, 5.41) is 10.0. The van der Waals surface area contributed by atoms with E-state index in [-0.39, 0.29) is 17.0 Å². The van der Waals surface area contributed by atoms with E-state index in [1.54, 1.807) is 0 Å². The zero-order valence-corrected chi connectivity index (χ0v) is 11.3. The van der Waals surface area contributed by atoms with Gasteiger partial charge in [-0.15, -0.1) is 0 Å². The van der Waals surface area contributed by atoms with Crippen LogP contribution in [-0.4, -0.2) is 5.11 Å². The minimum absolute atomic E-state index is 0. The first-order chi connectivity index (χ1) is 7.75. The molecule has 0 fully saturated rings. The number of aryl methyl sites for hydroxylation is 1. The number of halogens is 1. The lowest BCUT2D eigenvalue weighted by Gasteiger charge is -2.07. The summed E-state index contributed by atoms with van der Waals surface area (Å²) in [4.78, 5) is 0. The van der Waals surface area contributed by atoms with Crippen LogP contribution in [0.3, 0.4) is 0 Å². The van der Waals surface area contributed by atoms with Gasteiger partial charge in [0.25, 0.3) is 0 Å². The van der Waals surface area contributed by atoms with Crippen LogP contribution in [0.1, 0.15) is 17.2 Å². The highest BCUT2D eigenvalue weighted by Crippen LogP contribution is 2.11. The topological polar surface area (TPSA) is 24.1 Å². The number of hydrogen-bond donors (Lipinski definition) is 1. The highest BCUT2D eigenvalue weighted by Gasteiger charge is 2.12. The Kier molecular flexibility index (Phi) is 5.32. The predicted molar refractivity (Wildman–Crippen MR) is 62.8 cm³/mol. The molecule has 0 spiro atoms. The highest BCUT2D eigenvalue weighted by molar-refractivity contribution is 5.16. The molecule has 90 valence electrons. The molecule has 0 amide bonds. The quantitative estimate of drug-likeness (QED) is 0.723. The fourth-order valence-corrected chi connectivity index (χ4v) is 1.75. The number of pyridine rings is 1. The average molecular weight is 294 g/mol. The molecule has 0 saturated carbocycles. The van der Waals surface area contributed by atoms with E-state index in [1.165, 1.54) is 5.56 Å². The van der Waals surface area contributed by atoms with Crippen molar-refractivity contribution < 1.29 is 26.7 Å². The van der Waals surface area contributed by atoms with E-state index in [2.05, 4.69) is 0 Å². The normalized spacial score (nSPS) is 11.6. The lowest BCUT2D eigenvalue weighted by Crippen LogP contribution is -3.00. The highest BCUT2D eigenvalue weighted by atomic mass is 79.9. The Balaban J connectivity index is 0.00000144. The van der Waals surface area contributed by atoms with Crippen LogP contribution in [0.5, 0.6) is 0 Å². The Labute approximate surface area is 112 Å². The molecule has 0 aliphatic rings. The van der Waals surface area contributed by atoms with Crippen molar-refractivity contribution in [3.63, 3.8) is 0 Å². The van der Waals surface area contributed by atoms with Crippen LogP contribution >= 0.6 is 0 Å². The Bertz CT molecular complexity index is 459. The van der Waals surface area contributed by atoms with Gasteiger partial charge in [0.05, 0.1) is 0 Å².